The summed E-state index contributed by atoms with van der Waals surface area (Å²) in [7, 11) is 0. The van der Waals surface area contributed by atoms with Gasteiger partial charge in [-0.15, -0.1) is 0 Å². The zero-order chi connectivity index (χ0) is 9.68. The molecule has 13 heavy (non-hydrogen) atoms. The Morgan fingerprint density at radius 1 is 1.38 bits per heavy atom. The summed E-state index contributed by atoms with van der Waals surface area (Å²) in [5.41, 5.74) is 6.74. The van der Waals surface area contributed by atoms with Gasteiger partial charge in [0.25, 0.3) is 0 Å². The van der Waals surface area contributed by atoms with Crippen LogP contribution in [0.25, 0.3) is 6.08 Å². The van der Waals surface area contributed by atoms with E-state index in [4.69, 9.17) is 10.8 Å². The molecule has 3 nitrogen and oxygen atoms in total. The molecule has 3 heteroatoms. The molecule has 1 rings (SSSR count). The lowest BCUT2D eigenvalue weighted by atomic mass is 10.1. The Bertz CT molecular complexity index is 308. The second-order valence-corrected chi connectivity index (χ2v) is 2.68. The number of benzene rings is 1. The fourth-order valence-corrected chi connectivity index (χ4v) is 1.04. The van der Waals surface area contributed by atoms with Gasteiger partial charge in [-0.1, -0.05) is 18.2 Å². The van der Waals surface area contributed by atoms with Crippen LogP contribution >= 0.6 is 0 Å². The van der Waals surface area contributed by atoms with Crippen molar-refractivity contribution in [3.05, 3.63) is 35.4 Å². The normalized spacial score (nSPS) is 10.9. The van der Waals surface area contributed by atoms with Gasteiger partial charge in [-0.25, -0.2) is 0 Å². The molecule has 0 radical (unpaired) electrons. The molecule has 0 unspecified atom stereocenters. The molecule has 0 aliphatic carbocycles. The molecule has 0 aliphatic heterocycles. The van der Waals surface area contributed by atoms with Gasteiger partial charge in [-0.2, -0.15) is 0 Å². The predicted molar refractivity (Wildman–Crippen MR) is 52.1 cm³/mol. The van der Waals surface area contributed by atoms with Crippen LogP contribution in [0.1, 0.15) is 11.1 Å². The van der Waals surface area contributed by atoms with E-state index in [0.717, 1.165) is 5.56 Å². The van der Waals surface area contributed by atoms with Crippen LogP contribution in [0.2, 0.25) is 0 Å². The fraction of sp³-hybridized carbons (Fsp3) is 0.200. The molecule has 0 amide bonds. The van der Waals surface area contributed by atoms with Crippen molar-refractivity contribution in [3.8, 4) is 5.75 Å². The number of aliphatic hydroxyl groups excluding tert-OH is 1. The highest BCUT2D eigenvalue weighted by Crippen LogP contribution is 2.18. The summed E-state index contributed by atoms with van der Waals surface area (Å²) < 4.78 is 0. The van der Waals surface area contributed by atoms with Gasteiger partial charge >= 0.3 is 0 Å². The molecule has 0 aromatic heterocycles. The molecule has 0 fully saturated rings. The second-order valence-electron chi connectivity index (χ2n) is 2.68. The van der Waals surface area contributed by atoms with E-state index in [1.54, 1.807) is 18.2 Å². The van der Waals surface area contributed by atoms with Crippen LogP contribution in [0.5, 0.6) is 5.75 Å². The summed E-state index contributed by atoms with van der Waals surface area (Å²) in [4.78, 5) is 0. The van der Waals surface area contributed by atoms with Crippen LogP contribution in [0.4, 0.5) is 0 Å². The predicted octanol–water partition coefficient (Wildman–Crippen LogP) is 0.856. The second kappa shape index (κ2) is 4.64. The first-order valence-corrected chi connectivity index (χ1v) is 4.07. The van der Waals surface area contributed by atoms with Gasteiger partial charge in [0.15, 0.2) is 0 Å². The van der Waals surface area contributed by atoms with Crippen molar-refractivity contribution >= 4 is 6.08 Å². The molecule has 0 saturated carbocycles. The molecule has 1 aromatic rings. The van der Waals surface area contributed by atoms with Gasteiger partial charge in [-0.05, 0) is 17.7 Å². The quantitative estimate of drug-likeness (QED) is 0.644. The summed E-state index contributed by atoms with van der Waals surface area (Å²) >= 11 is 0. The standard InChI is InChI=1S/C10H13NO2/c11-5-1-2-8-3-4-10(13)9(6-8)7-12/h1-4,6,12-13H,5,7,11H2. The highest BCUT2D eigenvalue weighted by atomic mass is 16.3. The van der Waals surface area contributed by atoms with Crippen molar-refractivity contribution in [1.82, 2.24) is 0 Å². The number of hydrogen-bond acceptors (Lipinski definition) is 3. The zero-order valence-electron chi connectivity index (χ0n) is 7.27. The average Bonchev–Trinajstić information content (AvgIpc) is 2.16. The lowest BCUT2D eigenvalue weighted by molar-refractivity contribution is 0.275. The number of phenols is 1. The Balaban J connectivity index is 2.92. The third-order valence-corrected chi connectivity index (χ3v) is 1.72. The minimum Gasteiger partial charge on any atom is -0.508 e. The maximum atomic E-state index is 9.25. The lowest BCUT2D eigenvalue weighted by Gasteiger charge is -2.01. The van der Waals surface area contributed by atoms with Gasteiger partial charge in [-0.3, -0.25) is 0 Å². The molecule has 4 N–H and O–H groups in total. The number of hydrogen-bond donors (Lipinski definition) is 3. The first-order chi connectivity index (χ1) is 6.27. The number of rotatable bonds is 3. The smallest absolute Gasteiger partial charge is 0.121 e. The van der Waals surface area contributed by atoms with Gasteiger partial charge in [0.05, 0.1) is 6.61 Å². The lowest BCUT2D eigenvalue weighted by Crippen LogP contribution is -1.92. The van der Waals surface area contributed by atoms with E-state index in [2.05, 4.69) is 0 Å². The van der Waals surface area contributed by atoms with Crippen LogP contribution in [0, 0.1) is 0 Å². The van der Waals surface area contributed by atoms with Crippen LogP contribution in [0.15, 0.2) is 24.3 Å². The van der Waals surface area contributed by atoms with Gasteiger partial charge in [0, 0.05) is 12.1 Å². The molecule has 0 saturated heterocycles. The molecule has 70 valence electrons. The van der Waals surface area contributed by atoms with Gasteiger partial charge in [0.2, 0.25) is 0 Å². The maximum absolute atomic E-state index is 9.25. The van der Waals surface area contributed by atoms with Gasteiger partial charge in [0.1, 0.15) is 5.75 Å². The van der Waals surface area contributed by atoms with Crippen LogP contribution < -0.4 is 5.73 Å². The van der Waals surface area contributed by atoms with E-state index in [0.29, 0.717) is 12.1 Å². The average molecular weight is 179 g/mol. The van der Waals surface area contributed by atoms with Crippen LogP contribution in [-0.4, -0.2) is 16.8 Å². The third kappa shape index (κ3) is 2.57. The molecular formula is C10H13NO2. The van der Waals surface area contributed by atoms with Crippen molar-refractivity contribution < 1.29 is 10.2 Å². The molecular weight excluding hydrogens is 166 g/mol. The SMILES string of the molecule is NCC=Cc1ccc(O)c(CO)c1. The Morgan fingerprint density at radius 2 is 2.15 bits per heavy atom. The first kappa shape index (κ1) is 9.77. The van der Waals surface area contributed by atoms with E-state index >= 15 is 0 Å². The van der Waals surface area contributed by atoms with Crippen LogP contribution in [-0.2, 0) is 6.61 Å². The molecule has 0 heterocycles. The monoisotopic (exact) mass is 179 g/mol. The Labute approximate surface area is 77.1 Å². The first-order valence-electron chi connectivity index (χ1n) is 4.07. The van der Waals surface area contributed by atoms with Crippen molar-refractivity contribution in [1.29, 1.82) is 0 Å². The van der Waals surface area contributed by atoms with Crippen molar-refractivity contribution in [2.24, 2.45) is 5.73 Å². The Kier molecular flexibility index (Phi) is 3.49. The largest absolute Gasteiger partial charge is 0.508 e. The summed E-state index contributed by atoms with van der Waals surface area (Å²) in [6, 6.07) is 5.05. The summed E-state index contributed by atoms with van der Waals surface area (Å²) in [5, 5.41) is 18.1. The highest BCUT2D eigenvalue weighted by molar-refractivity contribution is 5.53. The van der Waals surface area contributed by atoms with E-state index in [-0.39, 0.29) is 12.4 Å². The summed E-state index contributed by atoms with van der Waals surface area (Å²) in [5.74, 6) is 0.118. The Hall–Kier alpha value is -1.32. The van der Waals surface area contributed by atoms with Crippen LogP contribution in [0.3, 0.4) is 0 Å². The topological polar surface area (TPSA) is 66.5 Å². The van der Waals surface area contributed by atoms with E-state index in [1.807, 2.05) is 12.2 Å². The number of aliphatic hydroxyl groups is 1. The van der Waals surface area contributed by atoms with E-state index < -0.39 is 0 Å². The van der Waals surface area contributed by atoms with Gasteiger partial charge < -0.3 is 15.9 Å². The third-order valence-electron chi connectivity index (χ3n) is 1.72. The van der Waals surface area contributed by atoms with E-state index in [9.17, 15) is 5.11 Å². The van der Waals surface area contributed by atoms with Crippen molar-refractivity contribution in [2.75, 3.05) is 6.54 Å². The summed E-state index contributed by atoms with van der Waals surface area (Å²) in [6.45, 7) is 0.325. The Morgan fingerprint density at radius 3 is 2.77 bits per heavy atom. The number of nitrogens with two attached hydrogens (primary N) is 1. The van der Waals surface area contributed by atoms with E-state index in [1.165, 1.54) is 0 Å². The molecule has 0 aliphatic rings. The van der Waals surface area contributed by atoms with Crippen molar-refractivity contribution in [3.63, 3.8) is 0 Å². The zero-order valence-corrected chi connectivity index (χ0v) is 7.27. The number of aromatic hydroxyl groups is 1. The fourth-order valence-electron chi connectivity index (χ4n) is 1.04. The molecule has 0 atom stereocenters. The van der Waals surface area contributed by atoms with Crippen molar-refractivity contribution in [2.45, 2.75) is 6.61 Å². The molecule has 1 aromatic carbocycles. The minimum absolute atomic E-state index is 0.118. The summed E-state index contributed by atoms with van der Waals surface area (Å²) in [6.07, 6.45) is 3.66. The minimum atomic E-state index is -0.157. The maximum Gasteiger partial charge on any atom is 0.121 e. The molecule has 0 bridgehead atoms. The highest BCUT2D eigenvalue weighted by Gasteiger charge is 1.98. The molecule has 0 spiro atoms.